The molecule has 84 valence electrons. The van der Waals surface area contributed by atoms with Gasteiger partial charge in [-0.25, -0.2) is 4.98 Å². The van der Waals surface area contributed by atoms with Crippen molar-refractivity contribution in [2.75, 3.05) is 19.0 Å². The zero-order valence-electron chi connectivity index (χ0n) is 9.11. The highest BCUT2D eigenvalue weighted by Crippen LogP contribution is 2.03. The van der Waals surface area contributed by atoms with Crippen LogP contribution < -0.4 is 0 Å². The zero-order chi connectivity index (χ0) is 11.3. The normalized spacial score (nSPS) is 10.3. The molecule has 0 spiro atoms. The van der Waals surface area contributed by atoms with Crippen LogP contribution in [0.25, 0.3) is 0 Å². The fraction of sp³-hybridized carbons (Fsp3) is 0.600. The number of rotatable bonds is 5. The van der Waals surface area contributed by atoms with E-state index in [1.165, 1.54) is 0 Å². The molecule has 0 unspecified atom stereocenters. The molecule has 0 saturated heterocycles. The highest BCUT2D eigenvalue weighted by molar-refractivity contribution is 6.18. The maximum atomic E-state index is 11.9. The van der Waals surface area contributed by atoms with Crippen LogP contribution in [0.5, 0.6) is 0 Å². The van der Waals surface area contributed by atoms with Crippen LogP contribution >= 0.6 is 11.6 Å². The number of imidazole rings is 1. The minimum absolute atomic E-state index is 0.0434. The van der Waals surface area contributed by atoms with Crippen LogP contribution in [-0.2, 0) is 7.05 Å². The first-order valence-corrected chi connectivity index (χ1v) is 5.55. The Balaban J connectivity index is 2.71. The summed E-state index contributed by atoms with van der Waals surface area (Å²) in [7, 11) is 1.84. The van der Waals surface area contributed by atoms with Crippen molar-refractivity contribution in [2.45, 2.75) is 13.3 Å². The third-order valence-corrected chi connectivity index (χ3v) is 2.23. The van der Waals surface area contributed by atoms with E-state index in [1.54, 1.807) is 22.0 Å². The highest BCUT2D eigenvalue weighted by atomic mass is 35.5. The number of carbonyl (C=O) groups excluding carboxylic acids is 1. The van der Waals surface area contributed by atoms with Crippen LogP contribution in [0.15, 0.2) is 12.5 Å². The number of aryl methyl sites for hydroxylation is 1. The van der Waals surface area contributed by atoms with Gasteiger partial charge in [-0.3, -0.25) is 4.79 Å². The molecule has 1 heterocycles. The maximum Gasteiger partial charge on any atom is 0.274 e. The number of carbonyl (C=O) groups is 1. The molecule has 0 radical (unpaired) electrons. The molecule has 1 rings (SSSR count). The number of amides is 1. The fourth-order valence-electron chi connectivity index (χ4n) is 1.37. The molecule has 0 aliphatic rings. The van der Waals surface area contributed by atoms with E-state index in [-0.39, 0.29) is 5.91 Å². The van der Waals surface area contributed by atoms with Crippen molar-refractivity contribution in [3.63, 3.8) is 0 Å². The number of hydrogen-bond donors (Lipinski definition) is 0. The first kappa shape index (κ1) is 12.0. The van der Waals surface area contributed by atoms with Crippen molar-refractivity contribution >= 4 is 17.5 Å². The van der Waals surface area contributed by atoms with Gasteiger partial charge < -0.3 is 9.47 Å². The molecule has 0 bridgehead atoms. The minimum atomic E-state index is -0.0434. The van der Waals surface area contributed by atoms with Crippen molar-refractivity contribution in [3.8, 4) is 0 Å². The topological polar surface area (TPSA) is 38.1 Å². The summed E-state index contributed by atoms with van der Waals surface area (Å²) in [5.74, 6) is 0.413. The second kappa shape index (κ2) is 5.75. The molecule has 0 aromatic carbocycles. The lowest BCUT2D eigenvalue weighted by Gasteiger charge is -2.19. The monoisotopic (exact) mass is 229 g/mol. The van der Waals surface area contributed by atoms with Gasteiger partial charge >= 0.3 is 0 Å². The third kappa shape index (κ3) is 3.23. The summed E-state index contributed by atoms with van der Waals surface area (Å²) in [6.45, 7) is 3.33. The van der Waals surface area contributed by atoms with Crippen LogP contribution in [0.4, 0.5) is 0 Å². The second-order valence-corrected chi connectivity index (χ2v) is 3.78. The molecule has 5 heteroatoms. The van der Waals surface area contributed by atoms with Crippen LogP contribution in [-0.4, -0.2) is 39.3 Å². The fourth-order valence-corrected chi connectivity index (χ4v) is 1.58. The number of nitrogens with zero attached hydrogens (tertiary/aromatic N) is 3. The summed E-state index contributed by atoms with van der Waals surface area (Å²) in [5.41, 5.74) is 0.482. The predicted molar refractivity (Wildman–Crippen MR) is 60.1 cm³/mol. The molecule has 0 aliphatic heterocycles. The molecule has 1 aromatic heterocycles. The molecule has 1 amide bonds. The molecule has 0 N–H and O–H groups in total. The Morgan fingerprint density at radius 2 is 2.33 bits per heavy atom. The van der Waals surface area contributed by atoms with E-state index in [0.29, 0.717) is 18.1 Å². The van der Waals surface area contributed by atoms with Gasteiger partial charge in [-0.15, -0.1) is 11.6 Å². The van der Waals surface area contributed by atoms with E-state index in [4.69, 9.17) is 11.6 Å². The minimum Gasteiger partial charge on any atom is -0.340 e. The molecule has 1 aromatic rings. The van der Waals surface area contributed by atoms with Gasteiger partial charge in [0.15, 0.2) is 0 Å². The van der Waals surface area contributed by atoms with Crippen molar-refractivity contribution < 1.29 is 4.79 Å². The average Bonchev–Trinajstić information content (AvgIpc) is 2.63. The van der Waals surface area contributed by atoms with E-state index < -0.39 is 0 Å². The quantitative estimate of drug-likeness (QED) is 0.718. The van der Waals surface area contributed by atoms with Crippen LogP contribution in [0.3, 0.4) is 0 Å². The van der Waals surface area contributed by atoms with Crippen LogP contribution in [0, 0.1) is 0 Å². The van der Waals surface area contributed by atoms with Crippen molar-refractivity contribution in [2.24, 2.45) is 7.05 Å². The molecule has 15 heavy (non-hydrogen) atoms. The van der Waals surface area contributed by atoms with Crippen LogP contribution in [0.2, 0.25) is 0 Å². The number of alkyl halides is 1. The molecule has 0 atom stereocenters. The Morgan fingerprint density at radius 1 is 1.60 bits per heavy atom. The standard InChI is InChI=1S/C10H16ClN3O/c1-3-5-14(6-4-11)10(15)9-7-13(2)8-12-9/h7-8H,3-6H2,1-2H3. The van der Waals surface area contributed by atoms with Crippen LogP contribution in [0.1, 0.15) is 23.8 Å². The van der Waals surface area contributed by atoms with Gasteiger partial charge in [0.05, 0.1) is 6.33 Å². The molecule has 4 nitrogen and oxygen atoms in total. The van der Waals surface area contributed by atoms with Gasteiger partial charge in [-0.1, -0.05) is 6.92 Å². The smallest absolute Gasteiger partial charge is 0.274 e. The van der Waals surface area contributed by atoms with E-state index in [0.717, 1.165) is 13.0 Å². The van der Waals surface area contributed by atoms with Crippen molar-refractivity contribution in [3.05, 3.63) is 18.2 Å². The Labute approximate surface area is 94.8 Å². The molecular weight excluding hydrogens is 214 g/mol. The Bertz CT molecular complexity index is 318. The maximum absolute atomic E-state index is 11.9. The van der Waals surface area contributed by atoms with E-state index in [9.17, 15) is 4.79 Å². The number of hydrogen-bond acceptors (Lipinski definition) is 2. The highest BCUT2D eigenvalue weighted by Gasteiger charge is 2.16. The summed E-state index contributed by atoms with van der Waals surface area (Å²) in [4.78, 5) is 17.7. The molecule has 0 aliphatic carbocycles. The van der Waals surface area contributed by atoms with Gasteiger partial charge in [0.25, 0.3) is 5.91 Å². The third-order valence-electron chi connectivity index (χ3n) is 2.06. The summed E-state index contributed by atoms with van der Waals surface area (Å²) < 4.78 is 1.76. The summed E-state index contributed by atoms with van der Waals surface area (Å²) in [6, 6.07) is 0. The second-order valence-electron chi connectivity index (χ2n) is 3.41. The van der Waals surface area contributed by atoms with Crippen molar-refractivity contribution in [1.29, 1.82) is 0 Å². The Morgan fingerprint density at radius 3 is 2.80 bits per heavy atom. The summed E-state index contributed by atoms with van der Waals surface area (Å²) in [5, 5.41) is 0. The number of aromatic nitrogens is 2. The van der Waals surface area contributed by atoms with Gasteiger partial charge in [0.2, 0.25) is 0 Å². The Hall–Kier alpha value is -1.03. The average molecular weight is 230 g/mol. The zero-order valence-corrected chi connectivity index (χ0v) is 9.87. The SMILES string of the molecule is CCCN(CCCl)C(=O)c1cn(C)cn1. The van der Waals surface area contributed by atoms with Gasteiger partial charge in [0.1, 0.15) is 5.69 Å². The molecular formula is C10H16ClN3O. The lowest BCUT2D eigenvalue weighted by atomic mass is 10.3. The van der Waals surface area contributed by atoms with E-state index in [1.807, 2.05) is 14.0 Å². The van der Waals surface area contributed by atoms with Gasteiger partial charge in [-0.05, 0) is 6.42 Å². The molecule has 0 fully saturated rings. The van der Waals surface area contributed by atoms with E-state index >= 15 is 0 Å². The largest absolute Gasteiger partial charge is 0.340 e. The lowest BCUT2D eigenvalue weighted by molar-refractivity contribution is 0.0760. The predicted octanol–water partition coefficient (Wildman–Crippen LogP) is 1.51. The van der Waals surface area contributed by atoms with Crippen molar-refractivity contribution in [1.82, 2.24) is 14.5 Å². The summed E-state index contributed by atoms with van der Waals surface area (Å²) in [6.07, 6.45) is 4.27. The number of halogens is 1. The first-order chi connectivity index (χ1) is 7.19. The van der Waals surface area contributed by atoms with E-state index in [2.05, 4.69) is 4.98 Å². The van der Waals surface area contributed by atoms with Gasteiger partial charge in [0, 0.05) is 32.2 Å². The molecule has 0 saturated carbocycles. The Kier molecular flexibility index (Phi) is 4.62. The summed E-state index contributed by atoms with van der Waals surface area (Å²) >= 11 is 5.65. The first-order valence-electron chi connectivity index (χ1n) is 5.02. The lowest BCUT2D eigenvalue weighted by Crippen LogP contribution is -2.33. The van der Waals surface area contributed by atoms with Gasteiger partial charge in [-0.2, -0.15) is 0 Å².